The van der Waals surface area contributed by atoms with Crippen molar-refractivity contribution in [3.63, 3.8) is 0 Å². The molecule has 6 heteroatoms. The van der Waals surface area contributed by atoms with Crippen molar-refractivity contribution < 1.29 is 4.74 Å². The van der Waals surface area contributed by atoms with Crippen molar-refractivity contribution >= 4 is 11.6 Å². The number of ether oxygens (including phenoxy) is 1. The number of piperazine rings is 1. The van der Waals surface area contributed by atoms with E-state index in [-0.39, 0.29) is 0 Å². The Bertz CT molecular complexity index is 529. The average Bonchev–Trinajstić information content (AvgIpc) is 2.74. The minimum absolute atomic E-state index is 0.781. The summed E-state index contributed by atoms with van der Waals surface area (Å²) >= 11 is 0. The van der Waals surface area contributed by atoms with Crippen molar-refractivity contribution in [3.8, 4) is 0 Å². The van der Waals surface area contributed by atoms with Crippen molar-refractivity contribution in [3.05, 3.63) is 30.3 Å². The molecule has 1 saturated heterocycles. The van der Waals surface area contributed by atoms with Crippen molar-refractivity contribution in [1.82, 2.24) is 15.5 Å². The Morgan fingerprint density at radius 1 is 1.00 bits per heavy atom. The molecule has 0 aromatic heterocycles. The zero-order chi connectivity index (χ0) is 19.9. The molecular weight excluding hydrogens is 350 g/mol. The molecule has 0 bridgehead atoms. The number of anilines is 1. The van der Waals surface area contributed by atoms with E-state index in [1.165, 1.54) is 25.1 Å². The highest BCUT2D eigenvalue weighted by Gasteiger charge is 2.16. The van der Waals surface area contributed by atoms with Gasteiger partial charge in [0.1, 0.15) is 0 Å². The summed E-state index contributed by atoms with van der Waals surface area (Å²) in [7, 11) is 0. The number of nitrogens with one attached hydrogen (secondary N) is 2. The van der Waals surface area contributed by atoms with Crippen LogP contribution in [-0.2, 0) is 4.74 Å². The first-order chi connectivity index (χ1) is 13.8. The highest BCUT2D eigenvalue weighted by Crippen LogP contribution is 2.15. The van der Waals surface area contributed by atoms with Crippen LogP contribution in [0.25, 0.3) is 0 Å². The molecule has 0 unspecified atom stereocenters. The second kappa shape index (κ2) is 14.2. The van der Waals surface area contributed by atoms with Crippen LogP contribution in [0, 0.1) is 0 Å². The first-order valence-electron chi connectivity index (χ1n) is 11.0. The Kier molecular flexibility index (Phi) is 11.4. The summed E-state index contributed by atoms with van der Waals surface area (Å²) < 4.78 is 5.36. The summed E-state index contributed by atoms with van der Waals surface area (Å²) in [6.07, 6.45) is 3.36. The van der Waals surface area contributed by atoms with E-state index in [4.69, 9.17) is 4.74 Å². The van der Waals surface area contributed by atoms with E-state index in [0.717, 1.165) is 71.4 Å². The van der Waals surface area contributed by atoms with Gasteiger partial charge in [-0.3, -0.25) is 9.89 Å². The quantitative estimate of drug-likeness (QED) is 0.327. The number of nitrogens with zero attached hydrogens (tertiary/aromatic N) is 3. The van der Waals surface area contributed by atoms with Gasteiger partial charge in [0.15, 0.2) is 5.96 Å². The normalized spacial score (nSPS) is 15.6. The van der Waals surface area contributed by atoms with E-state index in [9.17, 15) is 0 Å². The van der Waals surface area contributed by atoms with Gasteiger partial charge in [-0.2, -0.15) is 0 Å². The average molecular weight is 390 g/mol. The van der Waals surface area contributed by atoms with Crippen molar-refractivity contribution in [2.75, 3.05) is 70.5 Å². The summed E-state index contributed by atoms with van der Waals surface area (Å²) in [4.78, 5) is 9.69. The van der Waals surface area contributed by atoms with E-state index in [1.54, 1.807) is 0 Å². The van der Waals surface area contributed by atoms with Crippen LogP contribution in [-0.4, -0.2) is 76.4 Å². The van der Waals surface area contributed by atoms with Gasteiger partial charge in [-0.15, -0.1) is 0 Å². The predicted molar refractivity (Wildman–Crippen MR) is 119 cm³/mol. The predicted octanol–water partition coefficient (Wildman–Crippen LogP) is 2.57. The molecule has 28 heavy (non-hydrogen) atoms. The first-order valence-corrected chi connectivity index (χ1v) is 11.0. The van der Waals surface area contributed by atoms with Crippen LogP contribution in [0.15, 0.2) is 35.3 Å². The van der Waals surface area contributed by atoms with Crippen LogP contribution in [0.2, 0.25) is 0 Å². The van der Waals surface area contributed by atoms with Gasteiger partial charge in [0.05, 0.1) is 0 Å². The number of aliphatic imine (C=N–C) groups is 1. The first kappa shape index (κ1) is 22.5. The van der Waals surface area contributed by atoms with Gasteiger partial charge in [-0.25, -0.2) is 0 Å². The summed E-state index contributed by atoms with van der Waals surface area (Å²) in [5.74, 6) is 0.926. The minimum Gasteiger partial charge on any atom is -0.382 e. The Labute approximate surface area is 171 Å². The lowest BCUT2D eigenvalue weighted by Gasteiger charge is -2.36. The third kappa shape index (κ3) is 8.93. The largest absolute Gasteiger partial charge is 0.382 e. The number of guanidine groups is 1. The molecule has 2 rings (SSSR count). The molecule has 0 aliphatic carbocycles. The van der Waals surface area contributed by atoms with E-state index >= 15 is 0 Å². The SMILES string of the molecule is CCNC(=NCCCOCC)NCCCCN1CCN(c2ccccc2)CC1. The van der Waals surface area contributed by atoms with Crippen LogP contribution in [0.3, 0.4) is 0 Å². The zero-order valence-electron chi connectivity index (χ0n) is 17.8. The summed E-state index contributed by atoms with van der Waals surface area (Å²) in [5.41, 5.74) is 1.35. The number of para-hydroxylation sites is 1. The Hall–Kier alpha value is -1.79. The maximum atomic E-state index is 5.36. The number of hydrogen-bond acceptors (Lipinski definition) is 4. The molecule has 1 aliphatic heterocycles. The molecule has 1 aliphatic rings. The minimum atomic E-state index is 0.781. The van der Waals surface area contributed by atoms with Crippen molar-refractivity contribution in [1.29, 1.82) is 0 Å². The molecular formula is C22H39N5O. The lowest BCUT2D eigenvalue weighted by Crippen LogP contribution is -2.46. The fourth-order valence-electron chi connectivity index (χ4n) is 3.38. The van der Waals surface area contributed by atoms with E-state index in [1.807, 2.05) is 6.92 Å². The zero-order valence-corrected chi connectivity index (χ0v) is 17.8. The highest BCUT2D eigenvalue weighted by molar-refractivity contribution is 5.79. The van der Waals surface area contributed by atoms with Crippen LogP contribution < -0.4 is 15.5 Å². The second-order valence-corrected chi connectivity index (χ2v) is 7.11. The number of hydrogen-bond donors (Lipinski definition) is 2. The van der Waals surface area contributed by atoms with Crippen LogP contribution in [0.1, 0.15) is 33.1 Å². The van der Waals surface area contributed by atoms with Crippen molar-refractivity contribution in [2.45, 2.75) is 33.1 Å². The topological polar surface area (TPSA) is 52.1 Å². The number of benzene rings is 1. The molecule has 158 valence electrons. The van der Waals surface area contributed by atoms with Gasteiger partial charge in [-0.1, -0.05) is 18.2 Å². The van der Waals surface area contributed by atoms with Crippen LogP contribution in [0.5, 0.6) is 0 Å². The molecule has 0 saturated carbocycles. The van der Waals surface area contributed by atoms with Crippen LogP contribution in [0.4, 0.5) is 5.69 Å². The maximum Gasteiger partial charge on any atom is 0.191 e. The molecule has 1 heterocycles. The lowest BCUT2D eigenvalue weighted by molar-refractivity contribution is 0.146. The Morgan fingerprint density at radius 3 is 2.50 bits per heavy atom. The lowest BCUT2D eigenvalue weighted by atomic mass is 10.2. The van der Waals surface area contributed by atoms with Gasteiger partial charge in [0, 0.05) is 64.7 Å². The number of rotatable bonds is 12. The molecule has 0 radical (unpaired) electrons. The summed E-state index contributed by atoms with van der Waals surface area (Å²) in [6.45, 7) is 14.1. The van der Waals surface area contributed by atoms with E-state index in [2.05, 4.69) is 62.7 Å². The Balaban J connectivity index is 1.55. The smallest absolute Gasteiger partial charge is 0.191 e. The maximum absolute atomic E-state index is 5.36. The summed E-state index contributed by atoms with van der Waals surface area (Å²) in [5, 5.41) is 6.77. The third-order valence-corrected chi connectivity index (χ3v) is 4.95. The monoisotopic (exact) mass is 389 g/mol. The van der Waals surface area contributed by atoms with Gasteiger partial charge in [0.2, 0.25) is 0 Å². The van der Waals surface area contributed by atoms with Gasteiger partial charge >= 0.3 is 0 Å². The molecule has 0 amide bonds. The Morgan fingerprint density at radius 2 is 1.79 bits per heavy atom. The van der Waals surface area contributed by atoms with Gasteiger partial charge in [0.25, 0.3) is 0 Å². The third-order valence-electron chi connectivity index (χ3n) is 4.95. The molecule has 1 fully saturated rings. The highest BCUT2D eigenvalue weighted by atomic mass is 16.5. The van der Waals surface area contributed by atoms with Gasteiger partial charge in [-0.05, 0) is 51.8 Å². The van der Waals surface area contributed by atoms with E-state index < -0.39 is 0 Å². The molecule has 0 spiro atoms. The second-order valence-electron chi connectivity index (χ2n) is 7.11. The fourth-order valence-corrected chi connectivity index (χ4v) is 3.38. The van der Waals surface area contributed by atoms with Gasteiger partial charge < -0.3 is 20.3 Å². The molecule has 1 aromatic carbocycles. The summed E-state index contributed by atoms with van der Waals surface area (Å²) in [6, 6.07) is 10.8. The number of unbranched alkanes of at least 4 members (excludes halogenated alkanes) is 1. The molecule has 6 nitrogen and oxygen atoms in total. The molecule has 0 atom stereocenters. The van der Waals surface area contributed by atoms with Crippen molar-refractivity contribution in [2.24, 2.45) is 4.99 Å². The standard InChI is InChI=1S/C22H39N5O/c1-3-23-22(25-14-10-20-28-4-2)24-13-8-9-15-26-16-18-27(19-17-26)21-11-6-5-7-12-21/h5-7,11-12H,3-4,8-10,13-20H2,1-2H3,(H2,23,24,25). The molecule has 2 N–H and O–H groups in total. The van der Waals surface area contributed by atoms with Crippen LogP contribution >= 0.6 is 0 Å². The fraction of sp³-hybridized carbons (Fsp3) is 0.682. The van der Waals surface area contributed by atoms with E-state index in [0.29, 0.717) is 0 Å². The molecule has 1 aromatic rings.